The highest BCUT2D eigenvalue weighted by molar-refractivity contribution is 6.42. The summed E-state index contributed by atoms with van der Waals surface area (Å²) in [6.45, 7) is 3.43. The molecule has 0 fully saturated rings. The second kappa shape index (κ2) is 8.10. The zero-order valence-electron chi connectivity index (χ0n) is 11.7. The van der Waals surface area contributed by atoms with Crippen LogP contribution in [0, 0.1) is 5.92 Å². The third-order valence-electron chi connectivity index (χ3n) is 2.62. The molecule has 0 aliphatic carbocycles. The number of carbonyl (C=O) groups is 2. The molecule has 0 aliphatic rings. The van der Waals surface area contributed by atoms with Crippen LogP contribution in [0.3, 0.4) is 0 Å². The van der Waals surface area contributed by atoms with Gasteiger partial charge in [0.2, 0.25) is 0 Å². The molecule has 0 saturated heterocycles. The summed E-state index contributed by atoms with van der Waals surface area (Å²) in [6.07, 6.45) is 0.346. The first-order chi connectivity index (χ1) is 9.81. The quantitative estimate of drug-likeness (QED) is 0.804. The number of halogens is 2. The highest BCUT2D eigenvalue weighted by atomic mass is 35.5. The summed E-state index contributed by atoms with van der Waals surface area (Å²) < 4.78 is 5.24. The van der Waals surface area contributed by atoms with Crippen LogP contribution < -0.4 is 10.1 Å². The second-order valence-electron chi connectivity index (χ2n) is 4.93. The highest BCUT2D eigenvalue weighted by Gasteiger charge is 2.21. The van der Waals surface area contributed by atoms with E-state index in [1.807, 2.05) is 13.8 Å². The summed E-state index contributed by atoms with van der Waals surface area (Å²) in [4.78, 5) is 22.8. The van der Waals surface area contributed by atoms with Crippen LogP contribution in [0.25, 0.3) is 0 Å². The van der Waals surface area contributed by atoms with E-state index in [4.69, 9.17) is 33.0 Å². The molecule has 116 valence electrons. The van der Waals surface area contributed by atoms with Crippen LogP contribution in [0.4, 0.5) is 0 Å². The van der Waals surface area contributed by atoms with Crippen molar-refractivity contribution in [1.82, 2.24) is 5.32 Å². The number of carboxylic acids is 1. The van der Waals surface area contributed by atoms with Crippen molar-refractivity contribution in [2.45, 2.75) is 26.3 Å². The van der Waals surface area contributed by atoms with Crippen molar-refractivity contribution in [3.63, 3.8) is 0 Å². The predicted molar refractivity (Wildman–Crippen MR) is 81.0 cm³/mol. The van der Waals surface area contributed by atoms with E-state index in [9.17, 15) is 9.59 Å². The molecular weight excluding hydrogens is 317 g/mol. The Labute approximate surface area is 133 Å². The average Bonchev–Trinajstić information content (AvgIpc) is 2.39. The fourth-order valence-electron chi connectivity index (χ4n) is 1.67. The van der Waals surface area contributed by atoms with Gasteiger partial charge in [0, 0.05) is 0 Å². The van der Waals surface area contributed by atoms with Gasteiger partial charge in [0.25, 0.3) is 5.91 Å². The summed E-state index contributed by atoms with van der Waals surface area (Å²) in [5.41, 5.74) is 0. The highest BCUT2D eigenvalue weighted by Crippen LogP contribution is 2.31. The van der Waals surface area contributed by atoms with Gasteiger partial charge in [0.1, 0.15) is 16.8 Å². The van der Waals surface area contributed by atoms with Crippen molar-refractivity contribution in [2.75, 3.05) is 6.61 Å². The lowest BCUT2D eigenvalue weighted by molar-refractivity contribution is -0.142. The molecule has 0 radical (unpaired) electrons. The molecule has 1 atom stereocenters. The summed E-state index contributed by atoms with van der Waals surface area (Å²) in [5, 5.41) is 12.0. The Hall–Kier alpha value is -1.46. The zero-order valence-corrected chi connectivity index (χ0v) is 13.2. The Morgan fingerprint density at radius 1 is 1.33 bits per heavy atom. The number of carbonyl (C=O) groups excluding carboxylic acids is 1. The van der Waals surface area contributed by atoms with Crippen LogP contribution in [-0.4, -0.2) is 29.6 Å². The molecule has 1 rings (SSSR count). The smallest absolute Gasteiger partial charge is 0.326 e. The van der Waals surface area contributed by atoms with Gasteiger partial charge in [0.15, 0.2) is 6.61 Å². The molecule has 1 aromatic carbocycles. The molecule has 1 amide bonds. The third kappa shape index (κ3) is 5.81. The Balaban J connectivity index is 2.57. The number of ether oxygens (including phenoxy) is 1. The molecule has 0 spiro atoms. The van der Waals surface area contributed by atoms with E-state index in [2.05, 4.69) is 5.32 Å². The number of nitrogens with one attached hydrogen (secondary N) is 1. The molecule has 0 bridgehead atoms. The summed E-state index contributed by atoms with van der Waals surface area (Å²) in [5.74, 6) is -1.18. The standard InChI is InChI=1S/C14H17Cl2NO4/c1-8(2)6-10(14(19)20)17-12(18)7-21-11-5-3-4-9(15)13(11)16/h3-5,8,10H,6-7H2,1-2H3,(H,17,18)(H,19,20)/t10-/m0/s1. The normalized spacial score (nSPS) is 12.0. The first-order valence-corrected chi connectivity index (χ1v) is 7.15. The molecular formula is C14H17Cl2NO4. The van der Waals surface area contributed by atoms with Gasteiger partial charge in [-0.15, -0.1) is 0 Å². The largest absolute Gasteiger partial charge is 0.482 e. The van der Waals surface area contributed by atoms with Gasteiger partial charge in [-0.1, -0.05) is 43.1 Å². The van der Waals surface area contributed by atoms with Gasteiger partial charge in [-0.3, -0.25) is 4.79 Å². The van der Waals surface area contributed by atoms with E-state index in [1.165, 1.54) is 0 Å². The van der Waals surface area contributed by atoms with Crippen LogP contribution in [-0.2, 0) is 9.59 Å². The minimum absolute atomic E-state index is 0.148. The van der Waals surface area contributed by atoms with E-state index in [0.717, 1.165) is 0 Å². The molecule has 0 aliphatic heterocycles. The van der Waals surface area contributed by atoms with Gasteiger partial charge in [0.05, 0.1) is 5.02 Å². The Morgan fingerprint density at radius 2 is 2.00 bits per heavy atom. The summed E-state index contributed by atoms with van der Waals surface area (Å²) in [6, 6.07) is 3.88. The fraction of sp³-hybridized carbons (Fsp3) is 0.429. The third-order valence-corrected chi connectivity index (χ3v) is 3.42. The average molecular weight is 334 g/mol. The fourth-order valence-corrected chi connectivity index (χ4v) is 2.01. The Morgan fingerprint density at radius 3 is 2.57 bits per heavy atom. The topological polar surface area (TPSA) is 75.6 Å². The van der Waals surface area contributed by atoms with Crippen LogP contribution in [0.15, 0.2) is 18.2 Å². The SMILES string of the molecule is CC(C)C[C@H](NC(=O)COc1cccc(Cl)c1Cl)C(=O)O. The van der Waals surface area contributed by atoms with Gasteiger partial charge < -0.3 is 15.2 Å². The minimum Gasteiger partial charge on any atom is -0.482 e. The lowest BCUT2D eigenvalue weighted by Crippen LogP contribution is -2.43. The number of rotatable bonds is 7. The van der Waals surface area contributed by atoms with Gasteiger partial charge in [-0.25, -0.2) is 4.79 Å². The Bertz CT molecular complexity index is 520. The van der Waals surface area contributed by atoms with Crippen molar-refractivity contribution in [2.24, 2.45) is 5.92 Å². The molecule has 21 heavy (non-hydrogen) atoms. The molecule has 0 aromatic heterocycles. The van der Waals surface area contributed by atoms with Crippen molar-refractivity contribution < 1.29 is 19.4 Å². The first kappa shape index (κ1) is 17.6. The predicted octanol–water partition coefficient (Wildman–Crippen LogP) is 2.99. The van der Waals surface area contributed by atoms with Crippen molar-refractivity contribution in [3.8, 4) is 5.75 Å². The van der Waals surface area contributed by atoms with Crippen LogP contribution in [0.1, 0.15) is 20.3 Å². The van der Waals surface area contributed by atoms with Crippen LogP contribution in [0.5, 0.6) is 5.75 Å². The molecule has 2 N–H and O–H groups in total. The van der Waals surface area contributed by atoms with Crippen molar-refractivity contribution >= 4 is 35.1 Å². The molecule has 0 unspecified atom stereocenters. The van der Waals surface area contributed by atoms with Crippen molar-refractivity contribution in [1.29, 1.82) is 0 Å². The molecule has 7 heteroatoms. The maximum Gasteiger partial charge on any atom is 0.326 e. The van der Waals surface area contributed by atoms with Gasteiger partial charge in [-0.2, -0.15) is 0 Å². The lowest BCUT2D eigenvalue weighted by atomic mass is 10.0. The number of benzene rings is 1. The molecule has 0 heterocycles. The Kier molecular flexibility index (Phi) is 6.78. The summed E-state index contributed by atoms with van der Waals surface area (Å²) in [7, 11) is 0. The number of carboxylic acid groups (broad SMARTS) is 1. The molecule has 5 nitrogen and oxygen atoms in total. The zero-order chi connectivity index (χ0) is 16.0. The number of hydrogen-bond acceptors (Lipinski definition) is 3. The number of hydrogen-bond donors (Lipinski definition) is 2. The van der Waals surface area contributed by atoms with Gasteiger partial charge >= 0.3 is 5.97 Å². The first-order valence-electron chi connectivity index (χ1n) is 6.40. The van der Waals surface area contributed by atoms with E-state index < -0.39 is 17.9 Å². The van der Waals surface area contributed by atoms with Crippen molar-refractivity contribution in [3.05, 3.63) is 28.2 Å². The molecule has 1 aromatic rings. The van der Waals surface area contributed by atoms with Gasteiger partial charge in [-0.05, 0) is 24.5 Å². The molecule has 0 saturated carbocycles. The maximum absolute atomic E-state index is 11.7. The number of aliphatic carboxylic acids is 1. The number of amides is 1. The van der Waals surface area contributed by atoms with E-state index in [1.54, 1.807) is 18.2 Å². The lowest BCUT2D eigenvalue weighted by Gasteiger charge is -2.16. The summed E-state index contributed by atoms with van der Waals surface area (Å²) >= 11 is 11.7. The van der Waals surface area contributed by atoms with Crippen LogP contribution >= 0.6 is 23.2 Å². The monoisotopic (exact) mass is 333 g/mol. The van der Waals surface area contributed by atoms with E-state index in [-0.39, 0.29) is 23.3 Å². The second-order valence-corrected chi connectivity index (χ2v) is 5.71. The van der Waals surface area contributed by atoms with E-state index in [0.29, 0.717) is 11.4 Å². The maximum atomic E-state index is 11.7. The van der Waals surface area contributed by atoms with Crippen LogP contribution in [0.2, 0.25) is 10.0 Å². The minimum atomic E-state index is -1.07. The van der Waals surface area contributed by atoms with E-state index >= 15 is 0 Å².